The molecule has 1 fully saturated rings. The molecule has 64 valence electrons. The molecule has 0 saturated carbocycles. The fourth-order valence-electron chi connectivity index (χ4n) is 0.894. The molecule has 2 nitrogen and oxygen atoms in total. The summed E-state index contributed by atoms with van der Waals surface area (Å²) in [4.78, 5) is 0. The lowest BCUT2D eigenvalue weighted by Crippen LogP contribution is -2.16. The van der Waals surface area contributed by atoms with E-state index < -0.39 is 0 Å². The molecule has 0 unspecified atom stereocenters. The zero-order chi connectivity index (χ0) is 8.32. The number of likely N-dealkylation sites (N-methyl/N-ethyl adjacent to an activating group) is 1. The zero-order valence-electron chi connectivity index (χ0n) is 7.13. The largest absolute Gasteiger partial charge is 0.318 e. The fourth-order valence-corrected chi connectivity index (χ4v) is 1.63. The maximum Gasteiger partial charge on any atom is 0.0699 e. The normalized spacial score (nSPS) is 36.5. The van der Waals surface area contributed by atoms with E-state index in [1.807, 2.05) is 11.8 Å². The summed E-state index contributed by atoms with van der Waals surface area (Å²) < 4.78 is 0.232. The maximum atomic E-state index is 5.71. The summed E-state index contributed by atoms with van der Waals surface area (Å²) in [6, 6.07) is 0. The van der Waals surface area contributed by atoms with Gasteiger partial charge in [0, 0.05) is 6.54 Å². The van der Waals surface area contributed by atoms with Crippen molar-refractivity contribution in [1.82, 2.24) is 5.32 Å². The molecule has 0 aromatic carbocycles. The lowest BCUT2D eigenvalue weighted by atomic mass is 10.2. The summed E-state index contributed by atoms with van der Waals surface area (Å²) in [5, 5.41) is 3.55. The molecule has 0 aromatic heterocycles. The molecule has 1 heterocycles. The van der Waals surface area contributed by atoms with Crippen LogP contribution in [0.2, 0.25) is 0 Å². The molecule has 0 bridgehead atoms. The quantitative estimate of drug-likeness (QED) is 0.376. The van der Waals surface area contributed by atoms with Crippen LogP contribution in [0.15, 0.2) is 12.2 Å². The van der Waals surface area contributed by atoms with Crippen molar-refractivity contribution in [3.05, 3.63) is 12.2 Å². The lowest BCUT2D eigenvalue weighted by Gasteiger charge is -1.98. The van der Waals surface area contributed by atoms with Gasteiger partial charge in [-0.3, -0.25) is 0 Å². The van der Waals surface area contributed by atoms with Gasteiger partial charge < -0.3 is 11.1 Å². The van der Waals surface area contributed by atoms with Crippen molar-refractivity contribution in [2.45, 2.75) is 24.0 Å². The van der Waals surface area contributed by atoms with Gasteiger partial charge in [0.05, 0.1) is 10.1 Å². The Labute approximate surface area is 72.6 Å². The minimum Gasteiger partial charge on any atom is -0.318 e. The maximum absolute atomic E-state index is 5.71. The van der Waals surface area contributed by atoms with E-state index >= 15 is 0 Å². The first kappa shape index (κ1) is 9.10. The second-order valence-electron chi connectivity index (χ2n) is 2.93. The molecule has 2 atom stereocenters. The Morgan fingerprint density at radius 3 is 2.82 bits per heavy atom. The summed E-state index contributed by atoms with van der Waals surface area (Å²) in [6.07, 6.45) is 4.36. The van der Waals surface area contributed by atoms with E-state index in [1.165, 1.54) is 0 Å². The Morgan fingerprint density at radius 2 is 2.36 bits per heavy atom. The third-order valence-electron chi connectivity index (χ3n) is 1.85. The van der Waals surface area contributed by atoms with E-state index in [0.717, 1.165) is 13.1 Å². The fraction of sp³-hybridized carbons (Fsp3) is 0.750. The highest BCUT2D eigenvalue weighted by Crippen LogP contribution is 2.50. The van der Waals surface area contributed by atoms with Crippen LogP contribution in [0.4, 0.5) is 0 Å². The van der Waals surface area contributed by atoms with Crippen molar-refractivity contribution < 1.29 is 0 Å². The van der Waals surface area contributed by atoms with Crippen LogP contribution in [-0.2, 0) is 0 Å². The van der Waals surface area contributed by atoms with E-state index in [0.29, 0.717) is 5.37 Å². The van der Waals surface area contributed by atoms with Gasteiger partial charge in [-0.2, -0.15) is 0 Å². The summed E-state index contributed by atoms with van der Waals surface area (Å²) in [7, 11) is 0. The summed E-state index contributed by atoms with van der Waals surface area (Å²) in [6.45, 7) is 6.26. The van der Waals surface area contributed by atoms with Crippen molar-refractivity contribution in [3.8, 4) is 0 Å². The third kappa shape index (κ3) is 2.51. The number of thioether (sulfide) groups is 1. The van der Waals surface area contributed by atoms with Crippen molar-refractivity contribution in [3.63, 3.8) is 0 Å². The van der Waals surface area contributed by atoms with Gasteiger partial charge in [-0.05, 0) is 13.5 Å². The van der Waals surface area contributed by atoms with Gasteiger partial charge in [0.25, 0.3) is 0 Å². The predicted molar refractivity (Wildman–Crippen MR) is 51.7 cm³/mol. The molecule has 0 spiro atoms. The van der Waals surface area contributed by atoms with Crippen LogP contribution in [0, 0.1) is 0 Å². The first-order valence-electron chi connectivity index (χ1n) is 4.01. The highest BCUT2D eigenvalue weighted by molar-refractivity contribution is 8.08. The van der Waals surface area contributed by atoms with Crippen molar-refractivity contribution in [2.75, 3.05) is 13.1 Å². The minimum absolute atomic E-state index is 0.232. The van der Waals surface area contributed by atoms with Crippen molar-refractivity contribution in [1.29, 1.82) is 0 Å². The highest BCUT2D eigenvalue weighted by atomic mass is 32.2. The standard InChI is InChI=1S/C8H16N2S/c1-3-10-6-4-5-8(2)7(9)11-8/h4-5,7,10H,3,6,9H2,1-2H3/b5-4+/t7-,8-/m0/s1. The van der Waals surface area contributed by atoms with E-state index in [9.17, 15) is 0 Å². The smallest absolute Gasteiger partial charge is 0.0699 e. The monoisotopic (exact) mass is 172 g/mol. The van der Waals surface area contributed by atoms with E-state index in [4.69, 9.17) is 5.73 Å². The average Bonchev–Trinajstić information content (AvgIpc) is 2.54. The highest BCUT2D eigenvalue weighted by Gasteiger charge is 2.46. The Kier molecular flexibility index (Phi) is 2.98. The van der Waals surface area contributed by atoms with Crippen LogP contribution in [0.1, 0.15) is 13.8 Å². The van der Waals surface area contributed by atoms with E-state index in [-0.39, 0.29) is 4.75 Å². The summed E-state index contributed by atoms with van der Waals surface area (Å²) in [5.41, 5.74) is 5.71. The Balaban J connectivity index is 2.15. The zero-order valence-corrected chi connectivity index (χ0v) is 7.95. The molecule has 1 aliphatic heterocycles. The van der Waals surface area contributed by atoms with Gasteiger partial charge in [0.2, 0.25) is 0 Å². The van der Waals surface area contributed by atoms with E-state index in [1.54, 1.807) is 0 Å². The van der Waals surface area contributed by atoms with Crippen molar-refractivity contribution >= 4 is 11.8 Å². The lowest BCUT2D eigenvalue weighted by molar-refractivity contribution is 0.788. The molecule has 3 heteroatoms. The van der Waals surface area contributed by atoms with E-state index in [2.05, 4.69) is 31.3 Å². The first-order valence-corrected chi connectivity index (χ1v) is 4.89. The molecule has 0 aromatic rings. The second kappa shape index (κ2) is 3.61. The van der Waals surface area contributed by atoms with Gasteiger partial charge in [0.15, 0.2) is 0 Å². The molecule has 0 amide bonds. The van der Waals surface area contributed by atoms with Gasteiger partial charge in [-0.1, -0.05) is 19.1 Å². The first-order chi connectivity index (χ1) is 5.19. The number of nitrogens with one attached hydrogen (secondary N) is 1. The molecule has 1 aliphatic rings. The molecule has 1 saturated heterocycles. The Hall–Kier alpha value is 0.01000. The third-order valence-corrected chi connectivity index (χ3v) is 3.24. The van der Waals surface area contributed by atoms with Gasteiger partial charge in [-0.25, -0.2) is 0 Å². The molecular formula is C8H16N2S. The van der Waals surface area contributed by atoms with Crippen molar-refractivity contribution in [2.24, 2.45) is 5.73 Å². The number of hydrogen-bond donors (Lipinski definition) is 2. The molecule has 0 radical (unpaired) electrons. The van der Waals surface area contributed by atoms with Crippen LogP contribution in [-0.4, -0.2) is 23.2 Å². The molecule has 3 N–H and O–H groups in total. The molecule has 0 aliphatic carbocycles. The van der Waals surface area contributed by atoms with Gasteiger partial charge >= 0.3 is 0 Å². The van der Waals surface area contributed by atoms with Gasteiger partial charge in [0.1, 0.15) is 0 Å². The van der Waals surface area contributed by atoms with Crippen LogP contribution in [0.5, 0.6) is 0 Å². The molecule has 11 heavy (non-hydrogen) atoms. The van der Waals surface area contributed by atoms with Gasteiger partial charge in [-0.15, -0.1) is 11.8 Å². The number of hydrogen-bond acceptors (Lipinski definition) is 3. The number of rotatable bonds is 4. The number of nitrogens with two attached hydrogens (primary N) is 1. The topological polar surface area (TPSA) is 38.0 Å². The average molecular weight is 172 g/mol. The second-order valence-corrected chi connectivity index (χ2v) is 4.56. The summed E-state index contributed by atoms with van der Waals surface area (Å²) >= 11 is 1.81. The van der Waals surface area contributed by atoms with Crippen LogP contribution in [0.25, 0.3) is 0 Å². The SMILES string of the molecule is CCNC/C=C/[C@]1(C)S[C@@H]1N. The molecular weight excluding hydrogens is 156 g/mol. The molecule has 1 rings (SSSR count). The predicted octanol–water partition coefficient (Wildman–Crippen LogP) is 0.942. The summed E-state index contributed by atoms with van der Waals surface area (Å²) in [5.74, 6) is 0. The minimum atomic E-state index is 0.232. The Bertz CT molecular complexity index is 158. The Morgan fingerprint density at radius 1 is 1.73 bits per heavy atom. The van der Waals surface area contributed by atoms with Crippen LogP contribution >= 0.6 is 11.8 Å². The van der Waals surface area contributed by atoms with Crippen LogP contribution in [0.3, 0.4) is 0 Å². The van der Waals surface area contributed by atoms with Crippen LogP contribution < -0.4 is 11.1 Å².